The molecule has 2 aliphatic heterocycles. The molecule has 0 radical (unpaired) electrons. The topological polar surface area (TPSA) is 76.6 Å². The van der Waals surface area contributed by atoms with Crippen LogP contribution in [0.2, 0.25) is 0 Å². The van der Waals surface area contributed by atoms with Crippen molar-refractivity contribution in [3.8, 4) is 11.5 Å². The Morgan fingerprint density at radius 2 is 2.00 bits per heavy atom. The molecule has 2 aliphatic rings. The standard InChI is InChI=1S/C18H20N4O3/c1-12-5-8-22(9-6-12)17(23)14-4-7-19-18(21-14)20-13-2-3-15-16(10-13)25-11-24-15/h2-4,7,10,12H,5-6,8-9,11H2,1H3,(H,19,20,21). The van der Waals surface area contributed by atoms with Crippen molar-refractivity contribution in [1.82, 2.24) is 14.9 Å². The van der Waals surface area contributed by atoms with Crippen LogP contribution in [0.1, 0.15) is 30.3 Å². The van der Waals surface area contributed by atoms with Crippen molar-refractivity contribution in [3.05, 3.63) is 36.2 Å². The molecule has 4 rings (SSSR count). The molecule has 0 atom stereocenters. The minimum Gasteiger partial charge on any atom is -0.454 e. The van der Waals surface area contributed by atoms with Crippen LogP contribution < -0.4 is 14.8 Å². The summed E-state index contributed by atoms with van der Waals surface area (Å²) < 4.78 is 10.7. The van der Waals surface area contributed by atoms with Crippen molar-refractivity contribution in [3.63, 3.8) is 0 Å². The van der Waals surface area contributed by atoms with Gasteiger partial charge in [0.05, 0.1) is 0 Å². The predicted octanol–water partition coefficient (Wildman–Crippen LogP) is 2.82. The van der Waals surface area contributed by atoms with Gasteiger partial charge in [-0.1, -0.05) is 6.92 Å². The molecule has 1 fully saturated rings. The van der Waals surface area contributed by atoms with Crippen LogP contribution in [-0.2, 0) is 0 Å². The van der Waals surface area contributed by atoms with Crippen LogP contribution >= 0.6 is 0 Å². The monoisotopic (exact) mass is 340 g/mol. The summed E-state index contributed by atoms with van der Waals surface area (Å²) in [5.74, 6) is 2.42. The number of benzene rings is 1. The first kappa shape index (κ1) is 15.7. The van der Waals surface area contributed by atoms with Crippen LogP contribution in [0.15, 0.2) is 30.5 Å². The Hall–Kier alpha value is -2.83. The highest BCUT2D eigenvalue weighted by Gasteiger charge is 2.22. The third kappa shape index (κ3) is 3.35. The summed E-state index contributed by atoms with van der Waals surface area (Å²) in [6, 6.07) is 7.17. The van der Waals surface area contributed by atoms with E-state index in [0.29, 0.717) is 23.3 Å². The fraction of sp³-hybridized carbons (Fsp3) is 0.389. The van der Waals surface area contributed by atoms with Crippen molar-refractivity contribution in [2.24, 2.45) is 5.92 Å². The van der Waals surface area contributed by atoms with Crippen LogP contribution in [0, 0.1) is 5.92 Å². The number of fused-ring (bicyclic) bond motifs is 1. The van der Waals surface area contributed by atoms with Crippen LogP contribution in [0.5, 0.6) is 11.5 Å². The van der Waals surface area contributed by atoms with Crippen molar-refractivity contribution in [1.29, 1.82) is 0 Å². The number of carbonyl (C=O) groups excluding carboxylic acids is 1. The largest absolute Gasteiger partial charge is 0.454 e. The van der Waals surface area contributed by atoms with E-state index in [9.17, 15) is 4.79 Å². The summed E-state index contributed by atoms with van der Waals surface area (Å²) in [5.41, 5.74) is 1.19. The molecule has 0 aliphatic carbocycles. The zero-order chi connectivity index (χ0) is 17.2. The molecule has 0 spiro atoms. The predicted molar refractivity (Wildman–Crippen MR) is 92.2 cm³/mol. The number of nitrogens with zero attached hydrogens (tertiary/aromatic N) is 3. The van der Waals surface area contributed by atoms with Gasteiger partial charge in [-0.3, -0.25) is 4.79 Å². The van der Waals surface area contributed by atoms with Gasteiger partial charge in [-0.15, -0.1) is 0 Å². The smallest absolute Gasteiger partial charge is 0.272 e. The minimum atomic E-state index is -0.0389. The summed E-state index contributed by atoms with van der Waals surface area (Å²) in [4.78, 5) is 23.1. The molecule has 0 saturated carbocycles. The average molecular weight is 340 g/mol. The molecule has 3 heterocycles. The van der Waals surface area contributed by atoms with E-state index in [1.807, 2.05) is 23.1 Å². The van der Waals surface area contributed by atoms with E-state index >= 15 is 0 Å². The van der Waals surface area contributed by atoms with Gasteiger partial charge in [0.2, 0.25) is 12.7 Å². The Morgan fingerprint density at radius 3 is 2.84 bits per heavy atom. The van der Waals surface area contributed by atoms with Crippen LogP contribution in [0.25, 0.3) is 0 Å². The molecule has 1 N–H and O–H groups in total. The lowest BCUT2D eigenvalue weighted by Crippen LogP contribution is -2.38. The number of hydrogen-bond donors (Lipinski definition) is 1. The van der Waals surface area contributed by atoms with Crippen LogP contribution in [-0.4, -0.2) is 40.7 Å². The molecule has 7 heteroatoms. The second-order valence-electron chi connectivity index (χ2n) is 6.43. The number of rotatable bonds is 3. The van der Waals surface area contributed by atoms with Gasteiger partial charge in [-0.25, -0.2) is 9.97 Å². The maximum Gasteiger partial charge on any atom is 0.272 e. The molecule has 1 saturated heterocycles. The Balaban J connectivity index is 1.48. The third-order valence-electron chi connectivity index (χ3n) is 4.57. The summed E-state index contributed by atoms with van der Waals surface area (Å²) >= 11 is 0. The number of piperidine rings is 1. The summed E-state index contributed by atoms with van der Waals surface area (Å²) in [6.07, 6.45) is 3.68. The molecule has 1 amide bonds. The number of anilines is 2. The third-order valence-corrected chi connectivity index (χ3v) is 4.57. The van der Waals surface area contributed by atoms with Crippen LogP contribution in [0.3, 0.4) is 0 Å². The van der Waals surface area contributed by atoms with Crippen molar-refractivity contribution >= 4 is 17.5 Å². The number of ether oxygens (including phenoxy) is 2. The van der Waals surface area contributed by atoms with E-state index in [1.165, 1.54) is 0 Å². The Kier molecular flexibility index (Phi) is 4.13. The Labute approximate surface area is 146 Å². The number of likely N-dealkylation sites (tertiary alicyclic amines) is 1. The van der Waals surface area contributed by atoms with Crippen LogP contribution in [0.4, 0.5) is 11.6 Å². The van der Waals surface area contributed by atoms with Gasteiger partial charge in [0.1, 0.15) is 5.69 Å². The average Bonchev–Trinajstić information content (AvgIpc) is 3.10. The normalized spacial score (nSPS) is 16.8. The van der Waals surface area contributed by atoms with Crippen molar-refractivity contribution in [2.45, 2.75) is 19.8 Å². The minimum absolute atomic E-state index is 0.0389. The van der Waals surface area contributed by atoms with Gasteiger partial charge in [-0.2, -0.15) is 0 Å². The highest BCUT2D eigenvalue weighted by Crippen LogP contribution is 2.34. The second kappa shape index (κ2) is 6.58. The Bertz CT molecular complexity index is 788. The number of nitrogens with one attached hydrogen (secondary N) is 1. The highest BCUT2D eigenvalue weighted by molar-refractivity contribution is 5.92. The SMILES string of the molecule is CC1CCN(C(=O)c2ccnc(Nc3ccc4c(c3)OCO4)n2)CC1. The van der Waals surface area contributed by atoms with Crippen molar-refractivity contribution in [2.75, 3.05) is 25.2 Å². The summed E-state index contributed by atoms with van der Waals surface area (Å²) in [6.45, 7) is 4.03. The van der Waals surface area contributed by atoms with Gasteiger partial charge in [-0.05, 0) is 37.0 Å². The lowest BCUT2D eigenvalue weighted by Gasteiger charge is -2.30. The van der Waals surface area contributed by atoms with E-state index in [4.69, 9.17) is 9.47 Å². The van der Waals surface area contributed by atoms with E-state index in [-0.39, 0.29) is 12.7 Å². The van der Waals surface area contributed by atoms with Gasteiger partial charge in [0, 0.05) is 31.0 Å². The molecule has 0 unspecified atom stereocenters. The number of hydrogen-bond acceptors (Lipinski definition) is 6. The molecule has 0 bridgehead atoms. The fourth-order valence-electron chi connectivity index (χ4n) is 3.02. The molecule has 130 valence electrons. The zero-order valence-corrected chi connectivity index (χ0v) is 14.1. The molecule has 2 aromatic rings. The van der Waals surface area contributed by atoms with E-state index < -0.39 is 0 Å². The van der Waals surface area contributed by atoms with Gasteiger partial charge < -0.3 is 19.7 Å². The summed E-state index contributed by atoms with van der Waals surface area (Å²) in [7, 11) is 0. The van der Waals surface area contributed by atoms with E-state index in [1.54, 1.807) is 12.3 Å². The first-order chi connectivity index (χ1) is 12.2. The molecular weight excluding hydrogens is 320 g/mol. The molecule has 25 heavy (non-hydrogen) atoms. The first-order valence-corrected chi connectivity index (χ1v) is 8.48. The van der Waals surface area contributed by atoms with E-state index in [0.717, 1.165) is 37.4 Å². The number of aromatic nitrogens is 2. The summed E-state index contributed by atoms with van der Waals surface area (Å²) in [5, 5.41) is 3.11. The van der Waals surface area contributed by atoms with Gasteiger partial charge >= 0.3 is 0 Å². The maximum absolute atomic E-state index is 12.6. The second-order valence-corrected chi connectivity index (χ2v) is 6.43. The fourth-order valence-corrected chi connectivity index (χ4v) is 3.02. The number of carbonyl (C=O) groups is 1. The molecular formula is C18H20N4O3. The zero-order valence-electron chi connectivity index (χ0n) is 14.1. The molecule has 1 aromatic heterocycles. The lowest BCUT2D eigenvalue weighted by atomic mass is 9.99. The Morgan fingerprint density at radius 1 is 1.20 bits per heavy atom. The van der Waals surface area contributed by atoms with Gasteiger partial charge in [0.15, 0.2) is 11.5 Å². The van der Waals surface area contributed by atoms with E-state index in [2.05, 4.69) is 22.2 Å². The quantitative estimate of drug-likeness (QED) is 0.926. The highest BCUT2D eigenvalue weighted by atomic mass is 16.7. The number of amides is 1. The van der Waals surface area contributed by atoms with Gasteiger partial charge in [0.25, 0.3) is 5.91 Å². The lowest BCUT2D eigenvalue weighted by molar-refractivity contribution is 0.0691. The molecule has 1 aromatic carbocycles. The van der Waals surface area contributed by atoms with Crippen molar-refractivity contribution < 1.29 is 14.3 Å². The maximum atomic E-state index is 12.6. The first-order valence-electron chi connectivity index (χ1n) is 8.48. The molecule has 7 nitrogen and oxygen atoms in total.